The summed E-state index contributed by atoms with van der Waals surface area (Å²) in [6.45, 7) is 7.61. The van der Waals surface area contributed by atoms with E-state index in [1.807, 2.05) is 11.0 Å². The number of hydrogen-bond donors (Lipinski definition) is 0. The van der Waals surface area contributed by atoms with Crippen molar-refractivity contribution in [2.45, 2.75) is 70.9 Å². The van der Waals surface area contributed by atoms with Gasteiger partial charge in [0, 0.05) is 23.9 Å². The molecule has 1 aliphatic carbocycles. The Kier molecular flexibility index (Phi) is 4.30. The van der Waals surface area contributed by atoms with E-state index in [4.69, 9.17) is 0 Å². The normalized spacial score (nSPS) is 22.2. The molecule has 1 atom stereocenters. The van der Waals surface area contributed by atoms with Gasteiger partial charge >= 0.3 is 0 Å². The van der Waals surface area contributed by atoms with Crippen molar-refractivity contribution < 1.29 is 4.79 Å². The van der Waals surface area contributed by atoms with Crippen LogP contribution in [0.1, 0.15) is 58.6 Å². The van der Waals surface area contributed by atoms with Gasteiger partial charge < -0.3 is 4.90 Å². The van der Waals surface area contributed by atoms with E-state index in [-0.39, 0.29) is 22.9 Å². The van der Waals surface area contributed by atoms with Crippen molar-refractivity contribution in [1.82, 2.24) is 14.7 Å². The van der Waals surface area contributed by atoms with Crippen LogP contribution in [0, 0.1) is 5.92 Å². The molecule has 5 nitrogen and oxygen atoms in total. The summed E-state index contributed by atoms with van der Waals surface area (Å²) < 4.78 is 1.55. The molecule has 1 amide bonds. The van der Waals surface area contributed by atoms with Gasteiger partial charge in [0.15, 0.2) is 0 Å². The van der Waals surface area contributed by atoms with Crippen LogP contribution >= 0.6 is 0 Å². The van der Waals surface area contributed by atoms with E-state index < -0.39 is 0 Å². The molecule has 23 heavy (non-hydrogen) atoms. The van der Waals surface area contributed by atoms with E-state index in [9.17, 15) is 9.59 Å². The fraction of sp³-hybridized carbons (Fsp3) is 0.722. The molecule has 1 aromatic rings. The van der Waals surface area contributed by atoms with Crippen LogP contribution in [-0.2, 0) is 16.8 Å². The first-order valence-corrected chi connectivity index (χ1v) is 8.75. The summed E-state index contributed by atoms with van der Waals surface area (Å²) in [5.41, 5.74) is 0.736. The molecule has 0 N–H and O–H groups in total. The summed E-state index contributed by atoms with van der Waals surface area (Å²) in [7, 11) is 0. The number of hydrogen-bond acceptors (Lipinski definition) is 3. The smallest absolute Gasteiger partial charge is 0.266 e. The molecule has 1 saturated carbocycles. The molecule has 0 aromatic carbocycles. The standard InChI is InChI=1S/C18H27N3O2/c1-18(2,3)15-9-10-16(22)21(19-15)12-14-8-5-11-20(14)17(23)13-6-4-7-13/h9-10,13-14H,4-8,11-12H2,1-3H3. The summed E-state index contributed by atoms with van der Waals surface area (Å²) >= 11 is 0. The zero-order valence-corrected chi connectivity index (χ0v) is 14.4. The molecule has 0 spiro atoms. The van der Waals surface area contributed by atoms with Crippen LogP contribution in [0.4, 0.5) is 0 Å². The Bertz CT molecular complexity index is 640. The van der Waals surface area contributed by atoms with Crippen LogP contribution in [-0.4, -0.2) is 33.2 Å². The van der Waals surface area contributed by atoms with E-state index in [1.54, 1.807) is 10.7 Å². The lowest BCUT2D eigenvalue weighted by atomic mass is 9.84. The Labute approximate surface area is 137 Å². The quantitative estimate of drug-likeness (QED) is 0.860. The minimum Gasteiger partial charge on any atom is -0.338 e. The Balaban J connectivity index is 1.78. The van der Waals surface area contributed by atoms with E-state index in [1.165, 1.54) is 6.42 Å². The molecule has 5 heteroatoms. The number of nitrogens with zero attached hydrogens (tertiary/aromatic N) is 3. The highest BCUT2D eigenvalue weighted by atomic mass is 16.2. The second-order valence-corrected chi connectivity index (χ2v) is 7.94. The molecular weight excluding hydrogens is 290 g/mol. The van der Waals surface area contributed by atoms with Crippen LogP contribution in [0.3, 0.4) is 0 Å². The van der Waals surface area contributed by atoms with Crippen molar-refractivity contribution in [3.8, 4) is 0 Å². The fourth-order valence-corrected chi connectivity index (χ4v) is 3.38. The van der Waals surface area contributed by atoms with Crippen LogP contribution in [0.15, 0.2) is 16.9 Å². The lowest BCUT2D eigenvalue weighted by Crippen LogP contribution is -2.44. The van der Waals surface area contributed by atoms with E-state index in [0.717, 1.165) is 37.9 Å². The number of aromatic nitrogens is 2. The van der Waals surface area contributed by atoms with Gasteiger partial charge in [-0.15, -0.1) is 0 Å². The third kappa shape index (κ3) is 3.33. The van der Waals surface area contributed by atoms with Crippen LogP contribution in [0.2, 0.25) is 0 Å². The third-order valence-electron chi connectivity index (χ3n) is 5.13. The summed E-state index contributed by atoms with van der Waals surface area (Å²) in [5, 5.41) is 4.55. The first kappa shape index (κ1) is 16.2. The van der Waals surface area contributed by atoms with Gasteiger partial charge in [0.1, 0.15) is 0 Å². The summed E-state index contributed by atoms with van der Waals surface area (Å²) in [4.78, 5) is 26.7. The summed E-state index contributed by atoms with van der Waals surface area (Å²) in [5.74, 6) is 0.514. The first-order valence-electron chi connectivity index (χ1n) is 8.75. The maximum Gasteiger partial charge on any atom is 0.266 e. The van der Waals surface area contributed by atoms with Crippen molar-refractivity contribution in [2.75, 3.05) is 6.54 Å². The van der Waals surface area contributed by atoms with Crippen LogP contribution < -0.4 is 5.56 Å². The SMILES string of the molecule is CC(C)(C)c1ccc(=O)n(CC2CCCN2C(=O)C2CCC2)n1. The molecule has 1 aliphatic heterocycles. The van der Waals surface area contributed by atoms with Gasteiger partial charge in [0.05, 0.1) is 18.3 Å². The highest BCUT2D eigenvalue weighted by Gasteiger charge is 2.36. The lowest BCUT2D eigenvalue weighted by Gasteiger charge is -2.33. The molecule has 1 unspecified atom stereocenters. The van der Waals surface area contributed by atoms with Crippen molar-refractivity contribution in [2.24, 2.45) is 5.92 Å². The molecule has 0 radical (unpaired) electrons. The second kappa shape index (κ2) is 6.10. The maximum atomic E-state index is 12.6. The van der Waals surface area contributed by atoms with Gasteiger partial charge in [-0.25, -0.2) is 4.68 Å². The maximum absolute atomic E-state index is 12.6. The minimum absolute atomic E-state index is 0.0825. The highest BCUT2D eigenvalue weighted by Crippen LogP contribution is 2.31. The van der Waals surface area contributed by atoms with Gasteiger partial charge in [-0.2, -0.15) is 5.10 Å². The lowest BCUT2D eigenvalue weighted by molar-refractivity contribution is -0.139. The van der Waals surface area contributed by atoms with Crippen LogP contribution in [0.25, 0.3) is 0 Å². The molecule has 126 valence electrons. The second-order valence-electron chi connectivity index (χ2n) is 7.94. The molecule has 1 aromatic heterocycles. The third-order valence-corrected chi connectivity index (χ3v) is 5.13. The van der Waals surface area contributed by atoms with Crippen molar-refractivity contribution in [1.29, 1.82) is 0 Å². The fourth-order valence-electron chi connectivity index (χ4n) is 3.38. The summed E-state index contributed by atoms with van der Waals surface area (Å²) in [6, 6.07) is 3.52. The zero-order valence-electron chi connectivity index (χ0n) is 14.4. The van der Waals surface area contributed by atoms with Gasteiger partial charge in [-0.3, -0.25) is 9.59 Å². The Hall–Kier alpha value is -1.65. The average Bonchev–Trinajstić information content (AvgIpc) is 2.86. The molecule has 2 fully saturated rings. The number of carbonyl (C=O) groups excluding carboxylic acids is 1. The summed E-state index contributed by atoms with van der Waals surface area (Å²) in [6.07, 6.45) is 5.21. The van der Waals surface area contributed by atoms with E-state index in [0.29, 0.717) is 12.5 Å². The molecule has 1 saturated heterocycles. The van der Waals surface area contributed by atoms with Crippen molar-refractivity contribution in [3.05, 3.63) is 28.2 Å². The molecule has 3 rings (SSSR count). The van der Waals surface area contributed by atoms with Gasteiger partial charge in [-0.05, 0) is 31.7 Å². The Morgan fingerprint density at radius 3 is 2.57 bits per heavy atom. The first-order chi connectivity index (χ1) is 10.9. The van der Waals surface area contributed by atoms with Gasteiger partial charge in [-0.1, -0.05) is 27.2 Å². The van der Waals surface area contributed by atoms with Gasteiger partial charge in [0.2, 0.25) is 5.91 Å². The number of likely N-dealkylation sites (tertiary alicyclic amines) is 1. The topological polar surface area (TPSA) is 55.2 Å². The monoisotopic (exact) mass is 317 g/mol. The molecule has 2 heterocycles. The Morgan fingerprint density at radius 2 is 1.96 bits per heavy atom. The van der Waals surface area contributed by atoms with E-state index in [2.05, 4.69) is 25.9 Å². The molecular formula is C18H27N3O2. The predicted molar refractivity (Wildman–Crippen MR) is 89.3 cm³/mol. The largest absolute Gasteiger partial charge is 0.338 e. The van der Waals surface area contributed by atoms with Crippen molar-refractivity contribution >= 4 is 5.91 Å². The predicted octanol–water partition coefficient (Wildman–Crippen LogP) is 2.33. The zero-order chi connectivity index (χ0) is 16.6. The Morgan fingerprint density at radius 1 is 1.22 bits per heavy atom. The number of rotatable bonds is 3. The average molecular weight is 317 g/mol. The van der Waals surface area contributed by atoms with Crippen LogP contribution in [0.5, 0.6) is 0 Å². The molecule has 2 aliphatic rings. The highest BCUT2D eigenvalue weighted by molar-refractivity contribution is 5.80. The van der Waals surface area contributed by atoms with Crippen molar-refractivity contribution in [3.63, 3.8) is 0 Å². The number of carbonyl (C=O) groups is 1. The molecule has 0 bridgehead atoms. The van der Waals surface area contributed by atoms with E-state index >= 15 is 0 Å². The minimum atomic E-state index is -0.0907. The van der Waals surface area contributed by atoms with Gasteiger partial charge in [0.25, 0.3) is 5.56 Å². The number of amides is 1.